The Kier molecular flexibility index (Phi) is 14.4. The van der Waals surface area contributed by atoms with Crippen molar-refractivity contribution in [2.24, 2.45) is 0 Å². The minimum atomic E-state index is -2.69. The molecule has 0 N–H and O–H groups in total. The summed E-state index contributed by atoms with van der Waals surface area (Å²) in [7, 11) is -2.69. The molecule has 0 saturated carbocycles. The summed E-state index contributed by atoms with van der Waals surface area (Å²) in [5.41, 5.74) is 0. The van der Waals surface area contributed by atoms with E-state index in [4.69, 9.17) is 13.6 Å². The summed E-state index contributed by atoms with van der Waals surface area (Å²) in [6.07, 6.45) is 14.8. The Bertz CT molecular complexity index is 660. The van der Waals surface area contributed by atoms with Gasteiger partial charge in [0.15, 0.2) is 11.1 Å². The van der Waals surface area contributed by atoms with E-state index in [0.717, 1.165) is 23.9 Å². The zero-order chi connectivity index (χ0) is 22.7. The van der Waals surface area contributed by atoms with Gasteiger partial charge in [0.25, 0.3) is 0 Å². The fourth-order valence-corrected chi connectivity index (χ4v) is 5.92. The number of hydrogen-bond acceptors (Lipinski definition) is 3. The van der Waals surface area contributed by atoms with Gasteiger partial charge in [-0.05, 0) is 37.1 Å². The molecule has 0 atom stereocenters. The zero-order valence-electron chi connectivity index (χ0n) is 20.3. The Hall–Kier alpha value is -1.41. The van der Waals surface area contributed by atoms with Gasteiger partial charge in [-0.15, -0.1) is 0 Å². The third-order valence-electron chi connectivity index (χ3n) is 5.56. The Morgan fingerprint density at radius 3 is 1.47 bits per heavy atom. The monoisotopic (exact) mass is 459 g/mol. The summed E-state index contributed by atoms with van der Waals surface area (Å²) < 4.78 is 19.6. The number of unbranched alkanes of at least 4 members (excludes halogenated alkanes) is 10. The van der Waals surface area contributed by atoms with Gasteiger partial charge in [-0.25, -0.2) is 0 Å². The van der Waals surface area contributed by atoms with Crippen LogP contribution in [0.15, 0.2) is 60.7 Å². The van der Waals surface area contributed by atoms with Crippen LogP contribution in [0, 0.1) is 0 Å². The molecule has 0 spiro atoms. The summed E-state index contributed by atoms with van der Waals surface area (Å²) in [5.74, 6) is 0.801. The lowest BCUT2D eigenvalue weighted by atomic mass is 10.1. The van der Waals surface area contributed by atoms with Crippen LogP contribution in [0.5, 0.6) is 5.75 Å². The topological polar surface area (TPSA) is 27.7 Å². The molecule has 2 rings (SSSR count). The van der Waals surface area contributed by atoms with Gasteiger partial charge in [0, 0.05) is 0 Å². The summed E-state index contributed by atoms with van der Waals surface area (Å²) in [5, 5.41) is 1.01. The number of rotatable bonds is 19. The normalized spacial score (nSPS) is 11.6. The molecule has 0 unspecified atom stereocenters. The smallest absolute Gasteiger partial charge is 0.281 e. The molecule has 0 aliphatic heterocycles. The van der Waals surface area contributed by atoms with Gasteiger partial charge >= 0.3 is 7.94 Å². The molecule has 32 heavy (non-hydrogen) atoms. The molecule has 0 radical (unpaired) electrons. The van der Waals surface area contributed by atoms with Crippen molar-refractivity contribution in [1.82, 2.24) is 0 Å². The largest absolute Gasteiger partial charge is 0.492 e. The van der Waals surface area contributed by atoms with Gasteiger partial charge in [-0.3, -0.25) is 4.52 Å². The van der Waals surface area contributed by atoms with Crippen molar-refractivity contribution in [3.8, 4) is 5.75 Å². The van der Waals surface area contributed by atoms with Crippen molar-refractivity contribution in [3.05, 3.63) is 60.7 Å². The fourth-order valence-electron chi connectivity index (χ4n) is 3.66. The van der Waals surface area contributed by atoms with E-state index in [1.165, 1.54) is 64.2 Å². The molecule has 0 fully saturated rings. The first-order chi connectivity index (χ1) is 15.8. The fraction of sp³-hybridized carbons (Fsp3) is 0.571. The van der Waals surface area contributed by atoms with Crippen LogP contribution in [0.3, 0.4) is 0 Å². The predicted octanol–water partition coefficient (Wildman–Crippen LogP) is 8.91. The molecule has 0 bridgehead atoms. The lowest BCUT2D eigenvalue weighted by molar-refractivity contribution is 0.185. The maximum atomic E-state index is 6.55. The van der Waals surface area contributed by atoms with Gasteiger partial charge < -0.3 is 0 Å². The molecule has 0 aliphatic rings. The molecule has 0 aromatic heterocycles. The lowest BCUT2D eigenvalue weighted by Crippen LogP contribution is -2.22. The van der Waals surface area contributed by atoms with Crippen LogP contribution in [0.25, 0.3) is 0 Å². The average Bonchev–Trinajstić information content (AvgIpc) is 2.84. The maximum Gasteiger partial charge on any atom is 0.492 e. The second-order valence-electron chi connectivity index (χ2n) is 8.44. The van der Waals surface area contributed by atoms with E-state index < -0.39 is 7.94 Å². The van der Waals surface area contributed by atoms with E-state index in [-0.39, 0.29) is 0 Å². The molecule has 2 aromatic rings. The first-order valence-electron chi connectivity index (χ1n) is 12.8. The van der Waals surface area contributed by atoms with Crippen LogP contribution >= 0.6 is 7.94 Å². The molecular formula is C28H44O3P+. The van der Waals surface area contributed by atoms with E-state index >= 15 is 0 Å². The Morgan fingerprint density at radius 1 is 0.531 bits per heavy atom. The highest BCUT2D eigenvalue weighted by Gasteiger charge is 2.50. The van der Waals surface area contributed by atoms with Gasteiger partial charge in [0.2, 0.25) is 0 Å². The SMILES string of the molecule is CCCCCCCCO[P+](OCCCCCCCC)(Oc1ccccc1)c1ccccc1. The summed E-state index contributed by atoms with van der Waals surface area (Å²) in [4.78, 5) is 0. The van der Waals surface area contributed by atoms with Crippen molar-refractivity contribution in [1.29, 1.82) is 0 Å². The van der Waals surface area contributed by atoms with Gasteiger partial charge in [-0.2, -0.15) is 9.05 Å². The zero-order valence-corrected chi connectivity index (χ0v) is 21.2. The summed E-state index contributed by atoms with van der Waals surface area (Å²) >= 11 is 0. The van der Waals surface area contributed by atoms with Crippen LogP contribution < -0.4 is 9.83 Å². The van der Waals surface area contributed by atoms with Gasteiger partial charge in [-0.1, -0.05) is 114 Å². The Balaban J connectivity index is 2.04. The van der Waals surface area contributed by atoms with Crippen LogP contribution in [-0.2, 0) is 9.05 Å². The van der Waals surface area contributed by atoms with E-state index in [2.05, 4.69) is 26.0 Å². The van der Waals surface area contributed by atoms with Crippen LogP contribution in [0.1, 0.15) is 90.9 Å². The summed E-state index contributed by atoms with van der Waals surface area (Å²) in [6.45, 7) is 5.84. The standard InChI is InChI=1S/C28H44O3P/c1-3-5-7-9-11-19-25-29-32(28-23-17-14-18-24-28,31-27-21-15-13-16-22-27)30-26-20-12-10-8-6-4-2/h13-18,21-24H,3-12,19-20,25-26H2,1-2H3/q+1. The van der Waals surface area contributed by atoms with E-state index in [0.29, 0.717) is 13.2 Å². The second-order valence-corrected chi connectivity index (χ2v) is 10.6. The van der Waals surface area contributed by atoms with Crippen molar-refractivity contribution in [3.63, 3.8) is 0 Å². The van der Waals surface area contributed by atoms with E-state index in [9.17, 15) is 0 Å². The lowest BCUT2D eigenvalue weighted by Gasteiger charge is -2.22. The second kappa shape index (κ2) is 17.1. The molecule has 3 nitrogen and oxygen atoms in total. The molecule has 0 heterocycles. The molecule has 2 aromatic carbocycles. The molecule has 0 saturated heterocycles. The quantitative estimate of drug-likeness (QED) is 0.155. The molecule has 4 heteroatoms. The van der Waals surface area contributed by atoms with Crippen LogP contribution in [0.4, 0.5) is 0 Å². The summed E-state index contributed by atoms with van der Waals surface area (Å²) in [6, 6.07) is 20.2. The minimum absolute atomic E-state index is 0.665. The number of benzene rings is 2. The third kappa shape index (κ3) is 10.5. The molecule has 0 aliphatic carbocycles. The maximum absolute atomic E-state index is 6.55. The highest BCUT2D eigenvalue weighted by Crippen LogP contribution is 2.60. The van der Waals surface area contributed by atoms with E-state index in [1.54, 1.807) is 0 Å². The van der Waals surface area contributed by atoms with Crippen molar-refractivity contribution >= 4 is 13.2 Å². The van der Waals surface area contributed by atoms with Gasteiger partial charge in [0.05, 0.1) is 13.2 Å². The molecular weight excluding hydrogens is 415 g/mol. The van der Waals surface area contributed by atoms with Crippen molar-refractivity contribution in [2.45, 2.75) is 90.9 Å². The van der Waals surface area contributed by atoms with Crippen LogP contribution in [0.2, 0.25) is 0 Å². The Morgan fingerprint density at radius 2 is 0.969 bits per heavy atom. The molecule has 0 amide bonds. The highest BCUT2D eigenvalue weighted by molar-refractivity contribution is 7.69. The number of hydrogen-bond donors (Lipinski definition) is 0. The van der Waals surface area contributed by atoms with Crippen molar-refractivity contribution < 1.29 is 13.6 Å². The first-order valence-corrected chi connectivity index (χ1v) is 14.3. The predicted molar refractivity (Wildman–Crippen MR) is 139 cm³/mol. The first kappa shape index (κ1) is 26.8. The Labute approximate surface area is 197 Å². The van der Waals surface area contributed by atoms with Crippen LogP contribution in [-0.4, -0.2) is 13.2 Å². The third-order valence-corrected chi connectivity index (χ3v) is 7.99. The highest BCUT2D eigenvalue weighted by atomic mass is 31.2. The van der Waals surface area contributed by atoms with Crippen molar-refractivity contribution in [2.75, 3.05) is 13.2 Å². The average molecular weight is 460 g/mol. The minimum Gasteiger partial charge on any atom is -0.281 e. The number of para-hydroxylation sites is 1. The van der Waals surface area contributed by atoms with Gasteiger partial charge in [0.1, 0.15) is 0 Å². The van der Waals surface area contributed by atoms with E-state index in [1.807, 2.05) is 48.5 Å². The molecule has 178 valence electrons.